The van der Waals surface area contributed by atoms with Gasteiger partial charge in [0.15, 0.2) is 11.6 Å². The van der Waals surface area contributed by atoms with Crippen molar-refractivity contribution in [2.75, 3.05) is 6.54 Å². The van der Waals surface area contributed by atoms with Crippen LogP contribution in [0, 0.1) is 11.6 Å². The fourth-order valence-corrected chi connectivity index (χ4v) is 1.88. The summed E-state index contributed by atoms with van der Waals surface area (Å²) in [4.78, 5) is 10.8. The number of benzene rings is 1. The number of carboxylic acid groups (broad SMARTS) is 1. The number of unbranched alkanes of at least 4 members (excludes halogenated alkanes) is 1. The van der Waals surface area contributed by atoms with Gasteiger partial charge in [0.1, 0.15) is 0 Å². The van der Waals surface area contributed by atoms with Gasteiger partial charge < -0.3 is 15.5 Å². The first-order valence-electron chi connectivity index (χ1n) is 6.54. The molecule has 0 heterocycles. The van der Waals surface area contributed by atoms with Crippen molar-refractivity contribution in [2.45, 2.75) is 38.3 Å². The molecule has 0 radical (unpaired) electrons. The van der Waals surface area contributed by atoms with Crippen LogP contribution in [0.5, 0.6) is 0 Å². The molecule has 0 saturated carbocycles. The highest BCUT2D eigenvalue weighted by Gasteiger charge is 2.23. The van der Waals surface area contributed by atoms with Crippen molar-refractivity contribution >= 4 is 5.97 Å². The van der Waals surface area contributed by atoms with Crippen molar-refractivity contribution in [1.29, 1.82) is 0 Å². The Morgan fingerprint density at radius 3 is 2.60 bits per heavy atom. The molecule has 0 bridgehead atoms. The molecule has 2 atom stereocenters. The Morgan fingerprint density at radius 1 is 1.35 bits per heavy atom. The van der Waals surface area contributed by atoms with E-state index in [4.69, 9.17) is 5.11 Å². The van der Waals surface area contributed by atoms with E-state index in [9.17, 15) is 18.7 Å². The lowest BCUT2D eigenvalue weighted by Gasteiger charge is -2.23. The molecule has 20 heavy (non-hydrogen) atoms. The number of hydrogen-bond donors (Lipinski definition) is 3. The Hall–Kier alpha value is -1.53. The maximum absolute atomic E-state index is 13.1. The maximum Gasteiger partial charge on any atom is 0.305 e. The molecule has 0 aromatic heterocycles. The molecular weight excluding hydrogens is 268 g/mol. The molecule has 0 saturated heterocycles. The fourth-order valence-electron chi connectivity index (χ4n) is 1.88. The van der Waals surface area contributed by atoms with Gasteiger partial charge in [0, 0.05) is 6.04 Å². The number of rotatable bonds is 8. The Bertz CT molecular complexity index is 454. The summed E-state index contributed by atoms with van der Waals surface area (Å²) in [7, 11) is 0. The van der Waals surface area contributed by atoms with Crippen molar-refractivity contribution in [3.8, 4) is 0 Å². The lowest BCUT2D eigenvalue weighted by Crippen LogP contribution is -2.37. The summed E-state index contributed by atoms with van der Waals surface area (Å²) >= 11 is 0. The topological polar surface area (TPSA) is 69.6 Å². The third-order valence-corrected chi connectivity index (χ3v) is 3.00. The van der Waals surface area contributed by atoms with Crippen LogP contribution in [0.1, 0.15) is 37.9 Å². The minimum Gasteiger partial charge on any atom is -0.481 e. The standard InChI is InChI=1S/C14H19F2NO3/c1-2-3-6-17-12(8-13(18)19)14(20)9-4-5-10(15)11(16)7-9/h4-5,7,12,14,17,20H,2-3,6,8H2,1H3,(H,18,19). The van der Waals surface area contributed by atoms with E-state index in [-0.39, 0.29) is 12.0 Å². The van der Waals surface area contributed by atoms with Crippen LogP contribution in [-0.2, 0) is 4.79 Å². The van der Waals surface area contributed by atoms with Crippen molar-refractivity contribution in [3.63, 3.8) is 0 Å². The zero-order valence-electron chi connectivity index (χ0n) is 11.3. The third kappa shape index (κ3) is 4.86. The van der Waals surface area contributed by atoms with Gasteiger partial charge in [-0.15, -0.1) is 0 Å². The van der Waals surface area contributed by atoms with Crippen LogP contribution in [0.15, 0.2) is 18.2 Å². The van der Waals surface area contributed by atoms with Crippen LogP contribution in [0.4, 0.5) is 8.78 Å². The Kier molecular flexibility index (Phi) is 6.54. The number of aliphatic hydroxyl groups is 1. The molecule has 1 aromatic rings. The van der Waals surface area contributed by atoms with Gasteiger partial charge in [-0.1, -0.05) is 19.4 Å². The summed E-state index contributed by atoms with van der Waals surface area (Å²) in [5, 5.41) is 21.9. The summed E-state index contributed by atoms with van der Waals surface area (Å²) in [6, 6.07) is 2.30. The smallest absolute Gasteiger partial charge is 0.305 e. The zero-order chi connectivity index (χ0) is 15.1. The van der Waals surface area contributed by atoms with E-state index < -0.39 is 29.7 Å². The van der Waals surface area contributed by atoms with E-state index in [1.807, 2.05) is 6.92 Å². The van der Waals surface area contributed by atoms with Crippen molar-refractivity contribution in [1.82, 2.24) is 5.32 Å². The highest BCUT2D eigenvalue weighted by Crippen LogP contribution is 2.21. The Morgan fingerprint density at radius 2 is 2.05 bits per heavy atom. The summed E-state index contributed by atoms with van der Waals surface area (Å²) < 4.78 is 26.0. The summed E-state index contributed by atoms with van der Waals surface area (Å²) in [5.74, 6) is -3.14. The average Bonchev–Trinajstić information content (AvgIpc) is 2.40. The molecular formula is C14H19F2NO3. The fraction of sp³-hybridized carbons (Fsp3) is 0.500. The second kappa shape index (κ2) is 7.91. The van der Waals surface area contributed by atoms with E-state index in [1.54, 1.807) is 0 Å². The van der Waals surface area contributed by atoms with Crippen molar-refractivity contribution in [3.05, 3.63) is 35.4 Å². The first-order chi connectivity index (χ1) is 9.45. The van der Waals surface area contributed by atoms with E-state index >= 15 is 0 Å². The van der Waals surface area contributed by atoms with Gasteiger partial charge in [-0.3, -0.25) is 4.79 Å². The van der Waals surface area contributed by atoms with Gasteiger partial charge in [-0.05, 0) is 30.7 Å². The summed E-state index contributed by atoms with van der Waals surface area (Å²) in [6.45, 7) is 2.54. The van der Waals surface area contributed by atoms with Crippen LogP contribution in [0.2, 0.25) is 0 Å². The molecule has 4 nitrogen and oxygen atoms in total. The normalized spacial score (nSPS) is 14.0. The molecule has 0 amide bonds. The van der Waals surface area contributed by atoms with Gasteiger partial charge in [0.25, 0.3) is 0 Å². The second-order valence-electron chi connectivity index (χ2n) is 4.63. The maximum atomic E-state index is 13.1. The van der Waals surface area contributed by atoms with E-state index in [1.165, 1.54) is 6.07 Å². The average molecular weight is 287 g/mol. The van der Waals surface area contributed by atoms with Gasteiger partial charge >= 0.3 is 5.97 Å². The number of halogens is 2. The SMILES string of the molecule is CCCCNC(CC(=O)O)C(O)c1ccc(F)c(F)c1. The largest absolute Gasteiger partial charge is 0.481 e. The van der Waals surface area contributed by atoms with Crippen LogP contribution in [0.25, 0.3) is 0 Å². The quantitative estimate of drug-likeness (QED) is 0.641. The summed E-state index contributed by atoms with van der Waals surface area (Å²) in [5.41, 5.74) is 0.152. The van der Waals surface area contributed by atoms with Gasteiger partial charge in [0.2, 0.25) is 0 Å². The Balaban J connectivity index is 2.81. The lowest BCUT2D eigenvalue weighted by molar-refractivity contribution is -0.138. The number of aliphatic carboxylic acids is 1. The van der Waals surface area contributed by atoms with Crippen molar-refractivity contribution in [2.24, 2.45) is 0 Å². The molecule has 2 unspecified atom stereocenters. The molecule has 0 aliphatic heterocycles. The van der Waals surface area contributed by atoms with E-state index in [0.29, 0.717) is 6.54 Å². The summed E-state index contributed by atoms with van der Waals surface area (Å²) in [6.07, 6.45) is 0.247. The molecule has 0 spiro atoms. The van der Waals surface area contributed by atoms with Gasteiger partial charge in [-0.2, -0.15) is 0 Å². The first-order valence-corrected chi connectivity index (χ1v) is 6.54. The lowest BCUT2D eigenvalue weighted by atomic mass is 9.99. The molecule has 6 heteroatoms. The molecule has 3 N–H and O–H groups in total. The zero-order valence-corrected chi connectivity index (χ0v) is 11.3. The van der Waals surface area contributed by atoms with Crippen LogP contribution < -0.4 is 5.32 Å². The molecule has 0 aliphatic rings. The molecule has 0 aliphatic carbocycles. The number of aliphatic hydroxyl groups excluding tert-OH is 1. The minimum atomic E-state index is -1.21. The predicted octanol–water partition coefficient (Wildman–Crippen LogP) is 2.23. The number of carbonyl (C=O) groups is 1. The number of hydrogen-bond acceptors (Lipinski definition) is 3. The number of carboxylic acids is 1. The predicted molar refractivity (Wildman–Crippen MR) is 70.3 cm³/mol. The molecule has 0 fully saturated rings. The highest BCUT2D eigenvalue weighted by molar-refractivity contribution is 5.67. The van der Waals surface area contributed by atoms with Crippen LogP contribution in [-0.4, -0.2) is 28.8 Å². The van der Waals surface area contributed by atoms with Crippen LogP contribution in [0.3, 0.4) is 0 Å². The minimum absolute atomic E-state index is 0.152. The third-order valence-electron chi connectivity index (χ3n) is 3.00. The van der Waals surface area contributed by atoms with E-state index in [0.717, 1.165) is 25.0 Å². The van der Waals surface area contributed by atoms with Crippen LogP contribution >= 0.6 is 0 Å². The Labute approximate surface area is 116 Å². The molecule has 1 rings (SSSR count). The molecule has 112 valence electrons. The van der Waals surface area contributed by atoms with Gasteiger partial charge in [0.05, 0.1) is 12.5 Å². The number of nitrogens with one attached hydrogen (secondary N) is 1. The van der Waals surface area contributed by atoms with Crippen molar-refractivity contribution < 1.29 is 23.8 Å². The van der Waals surface area contributed by atoms with E-state index in [2.05, 4.69) is 5.32 Å². The molecule has 1 aromatic carbocycles. The van der Waals surface area contributed by atoms with Gasteiger partial charge in [-0.25, -0.2) is 8.78 Å². The second-order valence-corrected chi connectivity index (χ2v) is 4.63. The first kappa shape index (κ1) is 16.5. The highest BCUT2D eigenvalue weighted by atomic mass is 19.2. The monoisotopic (exact) mass is 287 g/mol.